The maximum absolute atomic E-state index is 3.95. The zero-order valence-electron chi connectivity index (χ0n) is 6.86. The summed E-state index contributed by atoms with van der Waals surface area (Å²) in [4.78, 5) is 0. The van der Waals surface area contributed by atoms with Crippen LogP contribution in [0.25, 0.3) is 0 Å². The first-order chi connectivity index (χ1) is 5.84. The van der Waals surface area contributed by atoms with E-state index in [9.17, 15) is 0 Å². The van der Waals surface area contributed by atoms with Gasteiger partial charge in [-0.15, -0.1) is 10.2 Å². The van der Waals surface area contributed by atoms with Crippen LogP contribution in [0.4, 0.5) is 5.13 Å². The Hall–Kier alpha value is -0.290. The van der Waals surface area contributed by atoms with Crippen LogP contribution in [0.1, 0.15) is 13.3 Å². The van der Waals surface area contributed by atoms with Crippen LogP contribution in [0.15, 0.2) is 5.51 Å². The average Bonchev–Trinajstić information content (AvgIpc) is 2.63. The smallest absolute Gasteiger partial charge is 0.205 e. The Morgan fingerprint density at radius 2 is 2.58 bits per heavy atom. The third kappa shape index (κ3) is 1.90. The second-order valence-electron chi connectivity index (χ2n) is 2.96. The highest BCUT2D eigenvalue weighted by atomic mass is 32.2. The lowest BCUT2D eigenvalue weighted by molar-refractivity contribution is 0.744. The lowest BCUT2D eigenvalue weighted by Crippen LogP contribution is -2.18. The van der Waals surface area contributed by atoms with Crippen LogP contribution in [0, 0.1) is 0 Å². The Morgan fingerprint density at radius 3 is 3.17 bits per heavy atom. The molecular weight excluding hydrogens is 190 g/mol. The molecule has 0 aliphatic carbocycles. The third-order valence-electron chi connectivity index (χ3n) is 1.89. The highest BCUT2D eigenvalue weighted by molar-refractivity contribution is 8.00. The lowest BCUT2D eigenvalue weighted by Gasteiger charge is -2.08. The summed E-state index contributed by atoms with van der Waals surface area (Å²) in [7, 11) is 0. The average molecular weight is 201 g/mol. The molecule has 2 heterocycles. The van der Waals surface area contributed by atoms with Crippen molar-refractivity contribution in [3.8, 4) is 0 Å². The summed E-state index contributed by atoms with van der Waals surface area (Å²) in [5, 5.41) is 12.9. The Balaban J connectivity index is 1.88. The molecular formula is C7H11N3S2. The number of anilines is 1. The van der Waals surface area contributed by atoms with E-state index >= 15 is 0 Å². The van der Waals surface area contributed by atoms with E-state index in [1.54, 1.807) is 16.8 Å². The third-order valence-corrected chi connectivity index (χ3v) is 3.86. The van der Waals surface area contributed by atoms with Crippen LogP contribution in [0.3, 0.4) is 0 Å². The molecule has 2 unspecified atom stereocenters. The molecule has 0 bridgehead atoms. The second-order valence-corrected chi connectivity index (χ2v) is 5.27. The molecule has 1 N–H and O–H groups in total. The zero-order valence-corrected chi connectivity index (χ0v) is 8.49. The lowest BCUT2D eigenvalue weighted by atomic mass is 10.2. The van der Waals surface area contributed by atoms with Gasteiger partial charge in [0.15, 0.2) is 0 Å². The van der Waals surface area contributed by atoms with Crippen molar-refractivity contribution in [1.82, 2.24) is 10.2 Å². The fourth-order valence-electron chi connectivity index (χ4n) is 1.33. The van der Waals surface area contributed by atoms with Gasteiger partial charge in [-0.25, -0.2) is 0 Å². The van der Waals surface area contributed by atoms with E-state index in [1.165, 1.54) is 12.2 Å². The topological polar surface area (TPSA) is 37.8 Å². The predicted octanol–water partition coefficient (Wildman–Crippen LogP) is 1.84. The molecule has 5 heteroatoms. The SMILES string of the molecule is CC1CC(Nc2nncs2)CS1. The van der Waals surface area contributed by atoms with Gasteiger partial charge in [-0.3, -0.25) is 0 Å². The van der Waals surface area contributed by atoms with Gasteiger partial charge in [0.05, 0.1) is 0 Å². The van der Waals surface area contributed by atoms with E-state index < -0.39 is 0 Å². The van der Waals surface area contributed by atoms with Crippen molar-refractivity contribution in [2.75, 3.05) is 11.1 Å². The van der Waals surface area contributed by atoms with Crippen LogP contribution < -0.4 is 5.32 Å². The predicted molar refractivity (Wildman–Crippen MR) is 53.9 cm³/mol. The van der Waals surface area contributed by atoms with Crippen molar-refractivity contribution in [2.24, 2.45) is 0 Å². The standard InChI is InChI=1S/C7H11N3S2/c1-5-2-6(3-11-5)9-7-10-8-4-12-7/h4-6H,2-3H2,1H3,(H,9,10). The van der Waals surface area contributed by atoms with Crippen LogP contribution in [0.2, 0.25) is 0 Å². The minimum absolute atomic E-state index is 0.595. The van der Waals surface area contributed by atoms with Crippen LogP contribution in [-0.2, 0) is 0 Å². The van der Waals surface area contributed by atoms with Crippen molar-refractivity contribution in [3.05, 3.63) is 5.51 Å². The maximum atomic E-state index is 3.95. The molecule has 66 valence electrons. The quantitative estimate of drug-likeness (QED) is 0.792. The monoisotopic (exact) mass is 201 g/mol. The van der Waals surface area contributed by atoms with Gasteiger partial charge in [-0.2, -0.15) is 11.8 Å². The Bertz CT molecular complexity index is 237. The number of thioether (sulfide) groups is 1. The molecule has 12 heavy (non-hydrogen) atoms. The summed E-state index contributed by atoms with van der Waals surface area (Å²) < 4.78 is 0. The first-order valence-corrected chi connectivity index (χ1v) is 5.92. The van der Waals surface area contributed by atoms with Crippen LogP contribution in [-0.4, -0.2) is 27.2 Å². The van der Waals surface area contributed by atoms with E-state index in [0.29, 0.717) is 6.04 Å². The summed E-state index contributed by atoms with van der Waals surface area (Å²) >= 11 is 3.59. The molecule has 0 saturated carbocycles. The van der Waals surface area contributed by atoms with E-state index in [0.717, 1.165) is 10.4 Å². The van der Waals surface area contributed by atoms with Crippen LogP contribution >= 0.6 is 23.1 Å². The summed E-state index contributed by atoms with van der Waals surface area (Å²) in [5.74, 6) is 1.20. The highest BCUT2D eigenvalue weighted by Gasteiger charge is 2.21. The minimum Gasteiger partial charge on any atom is -0.356 e. The van der Waals surface area contributed by atoms with Gasteiger partial charge in [0.1, 0.15) is 5.51 Å². The van der Waals surface area contributed by atoms with Crippen molar-refractivity contribution < 1.29 is 0 Å². The normalized spacial score (nSPS) is 29.1. The Kier molecular flexibility index (Phi) is 2.51. The number of hydrogen-bond acceptors (Lipinski definition) is 5. The number of aromatic nitrogens is 2. The molecule has 2 rings (SSSR count). The van der Waals surface area contributed by atoms with Gasteiger partial charge >= 0.3 is 0 Å². The van der Waals surface area contributed by atoms with Crippen molar-refractivity contribution in [3.63, 3.8) is 0 Å². The number of nitrogens with zero attached hydrogens (tertiary/aromatic N) is 2. The molecule has 1 fully saturated rings. The van der Waals surface area contributed by atoms with E-state index in [-0.39, 0.29) is 0 Å². The first-order valence-electron chi connectivity index (χ1n) is 3.99. The fraction of sp³-hybridized carbons (Fsp3) is 0.714. The molecule has 3 nitrogen and oxygen atoms in total. The first kappa shape index (κ1) is 8.31. The molecule has 0 amide bonds. The van der Waals surface area contributed by atoms with Gasteiger partial charge < -0.3 is 5.32 Å². The maximum Gasteiger partial charge on any atom is 0.205 e. The van der Waals surface area contributed by atoms with Gasteiger partial charge in [0.2, 0.25) is 5.13 Å². The molecule has 1 aromatic rings. The van der Waals surface area contributed by atoms with E-state index in [4.69, 9.17) is 0 Å². The molecule has 0 radical (unpaired) electrons. The number of hydrogen-bond donors (Lipinski definition) is 1. The number of rotatable bonds is 2. The van der Waals surface area contributed by atoms with Crippen molar-refractivity contribution >= 4 is 28.2 Å². The molecule has 1 aliphatic rings. The fourth-order valence-corrected chi connectivity index (χ4v) is 3.00. The van der Waals surface area contributed by atoms with E-state index in [1.807, 2.05) is 11.8 Å². The molecule has 1 saturated heterocycles. The molecule has 1 aromatic heterocycles. The van der Waals surface area contributed by atoms with Gasteiger partial charge in [0.25, 0.3) is 0 Å². The largest absolute Gasteiger partial charge is 0.356 e. The zero-order chi connectivity index (χ0) is 8.39. The summed E-state index contributed by atoms with van der Waals surface area (Å²) in [6.07, 6.45) is 1.24. The molecule has 0 aromatic carbocycles. The number of nitrogens with one attached hydrogen (secondary N) is 1. The summed E-state index contributed by atoms with van der Waals surface area (Å²) in [6, 6.07) is 0.595. The van der Waals surface area contributed by atoms with Crippen molar-refractivity contribution in [1.29, 1.82) is 0 Å². The second kappa shape index (κ2) is 3.62. The van der Waals surface area contributed by atoms with E-state index in [2.05, 4.69) is 22.4 Å². The molecule has 2 atom stereocenters. The Labute approximate surface area is 80.0 Å². The minimum atomic E-state index is 0.595. The summed E-state index contributed by atoms with van der Waals surface area (Å²) in [6.45, 7) is 2.27. The van der Waals surface area contributed by atoms with Gasteiger partial charge in [-0.1, -0.05) is 18.3 Å². The molecule has 0 spiro atoms. The Morgan fingerprint density at radius 1 is 1.67 bits per heavy atom. The van der Waals surface area contributed by atoms with Crippen molar-refractivity contribution in [2.45, 2.75) is 24.6 Å². The summed E-state index contributed by atoms with van der Waals surface area (Å²) in [5.41, 5.74) is 1.76. The highest BCUT2D eigenvalue weighted by Crippen LogP contribution is 2.28. The van der Waals surface area contributed by atoms with Crippen LogP contribution in [0.5, 0.6) is 0 Å². The van der Waals surface area contributed by atoms with Gasteiger partial charge in [-0.05, 0) is 6.42 Å². The van der Waals surface area contributed by atoms with Gasteiger partial charge in [0, 0.05) is 17.0 Å². The molecule has 1 aliphatic heterocycles.